The van der Waals surface area contributed by atoms with Crippen LogP contribution >= 0.6 is 11.6 Å². The second-order valence-corrected chi connectivity index (χ2v) is 8.82. The van der Waals surface area contributed by atoms with Gasteiger partial charge in [-0.15, -0.1) is 0 Å². The molecule has 2 aliphatic rings. The third-order valence-corrected chi connectivity index (χ3v) is 6.45. The lowest BCUT2D eigenvalue weighted by molar-refractivity contribution is -0.175. The summed E-state index contributed by atoms with van der Waals surface area (Å²) in [4.78, 5) is 5.59. The van der Waals surface area contributed by atoms with E-state index in [4.69, 9.17) is 11.6 Å². The number of rotatable bonds is 6. The van der Waals surface area contributed by atoms with E-state index in [0.717, 1.165) is 12.1 Å². The van der Waals surface area contributed by atoms with Crippen LogP contribution in [0.4, 0.5) is 32.0 Å². The quantitative estimate of drug-likeness (QED) is 0.227. The lowest BCUT2D eigenvalue weighted by atomic mass is 9.95. The molecular formula is C23H21ClF6N4O. The highest BCUT2D eigenvalue weighted by Crippen LogP contribution is 2.34. The zero-order chi connectivity index (χ0) is 25.3. The number of alkyl halides is 3. The maximum absolute atomic E-state index is 14.5. The van der Waals surface area contributed by atoms with E-state index in [1.807, 2.05) is 0 Å². The van der Waals surface area contributed by atoms with Crippen molar-refractivity contribution in [2.24, 2.45) is 10.1 Å². The maximum atomic E-state index is 14.5. The third-order valence-electron chi connectivity index (χ3n) is 6.16. The van der Waals surface area contributed by atoms with E-state index in [1.165, 1.54) is 17.0 Å². The molecule has 12 heteroatoms. The standard InChI is InChI=1S/C23H21ClF6N4O/c24-15-8-12(3-4-16(15)25)9-18(33-35)13-10-17(26)21(27)22-14(13)11-20(32-22)31-5-7-34-6-1-2-19(34)23(28,29)30/h3-4,8,10,19,35H,1-2,5-7,9,11H2,(H,31,32)/b33-18+/t19-/m0/s1. The first-order valence-electron chi connectivity index (χ1n) is 10.9. The van der Waals surface area contributed by atoms with Gasteiger partial charge in [0.25, 0.3) is 0 Å². The van der Waals surface area contributed by atoms with Crippen LogP contribution in [0.15, 0.2) is 34.4 Å². The molecule has 2 N–H and O–H groups in total. The van der Waals surface area contributed by atoms with Gasteiger partial charge in [0.2, 0.25) is 0 Å². The molecule has 1 saturated heterocycles. The second kappa shape index (κ2) is 10.1. The Kier molecular flexibility index (Phi) is 7.27. The molecule has 0 saturated carbocycles. The molecule has 1 fully saturated rings. The van der Waals surface area contributed by atoms with Crippen molar-refractivity contribution in [3.8, 4) is 0 Å². The van der Waals surface area contributed by atoms with E-state index in [-0.39, 0.29) is 65.7 Å². The average Bonchev–Trinajstić information content (AvgIpc) is 3.45. The summed E-state index contributed by atoms with van der Waals surface area (Å²) < 4.78 is 81.7. The topological polar surface area (TPSA) is 60.2 Å². The highest BCUT2D eigenvalue weighted by molar-refractivity contribution is 6.30. The minimum atomic E-state index is -4.31. The largest absolute Gasteiger partial charge is 0.411 e. The minimum Gasteiger partial charge on any atom is -0.411 e. The zero-order valence-corrected chi connectivity index (χ0v) is 19.0. The van der Waals surface area contributed by atoms with Gasteiger partial charge in [0, 0.05) is 24.9 Å². The summed E-state index contributed by atoms with van der Waals surface area (Å²) in [6, 6.07) is 3.29. The van der Waals surface area contributed by atoms with Gasteiger partial charge in [-0.2, -0.15) is 13.2 Å². The number of hydrogen-bond acceptors (Lipinski definition) is 4. The van der Waals surface area contributed by atoms with Crippen LogP contribution in [0.25, 0.3) is 0 Å². The van der Waals surface area contributed by atoms with Gasteiger partial charge in [-0.25, -0.2) is 13.2 Å². The molecule has 5 nitrogen and oxygen atoms in total. The summed E-state index contributed by atoms with van der Waals surface area (Å²) in [5.41, 5.74) is 0.712. The second-order valence-electron chi connectivity index (χ2n) is 8.41. The molecule has 188 valence electrons. The first kappa shape index (κ1) is 25.3. The summed E-state index contributed by atoms with van der Waals surface area (Å²) in [5, 5.41) is 15.4. The van der Waals surface area contributed by atoms with Gasteiger partial charge in [0.15, 0.2) is 11.6 Å². The van der Waals surface area contributed by atoms with E-state index >= 15 is 0 Å². The number of aliphatic imine (C=N–C) groups is 1. The molecule has 0 radical (unpaired) electrons. The maximum Gasteiger partial charge on any atom is 0.404 e. The average molecular weight is 519 g/mol. The summed E-state index contributed by atoms with van der Waals surface area (Å²) in [7, 11) is 0. The minimum absolute atomic E-state index is 0.00374. The van der Waals surface area contributed by atoms with Crippen LogP contribution in [0.2, 0.25) is 5.02 Å². The van der Waals surface area contributed by atoms with Crippen molar-refractivity contribution in [1.82, 2.24) is 4.90 Å². The number of nitrogens with zero attached hydrogens (tertiary/aromatic N) is 3. The van der Waals surface area contributed by atoms with Gasteiger partial charge in [-0.05, 0) is 48.7 Å². The number of anilines is 1. The number of benzene rings is 2. The number of amidine groups is 1. The fourth-order valence-corrected chi connectivity index (χ4v) is 4.69. The van der Waals surface area contributed by atoms with Crippen LogP contribution in [-0.4, -0.2) is 53.5 Å². The van der Waals surface area contributed by atoms with Crippen LogP contribution < -0.4 is 5.32 Å². The van der Waals surface area contributed by atoms with Crippen LogP contribution in [0.1, 0.15) is 29.5 Å². The number of oxime groups is 1. The van der Waals surface area contributed by atoms with Crippen molar-refractivity contribution < 1.29 is 31.5 Å². The Hall–Kier alpha value is -2.79. The highest BCUT2D eigenvalue weighted by atomic mass is 35.5. The molecule has 0 aromatic heterocycles. The van der Waals surface area contributed by atoms with Crippen LogP contribution in [0.3, 0.4) is 0 Å². The Morgan fingerprint density at radius 2 is 1.94 bits per heavy atom. The lowest BCUT2D eigenvalue weighted by Gasteiger charge is -2.25. The molecule has 2 aromatic carbocycles. The molecule has 0 spiro atoms. The zero-order valence-electron chi connectivity index (χ0n) is 18.3. The van der Waals surface area contributed by atoms with E-state index in [1.54, 1.807) is 0 Å². The fraction of sp³-hybridized carbons (Fsp3) is 0.391. The molecule has 1 atom stereocenters. The third kappa shape index (κ3) is 5.40. The Balaban J connectivity index is 1.53. The smallest absolute Gasteiger partial charge is 0.404 e. The lowest BCUT2D eigenvalue weighted by Crippen LogP contribution is -2.42. The molecule has 0 aliphatic carbocycles. The Labute approximate surface area is 202 Å². The van der Waals surface area contributed by atoms with Crippen molar-refractivity contribution >= 4 is 28.8 Å². The molecular weight excluding hydrogens is 498 g/mol. The van der Waals surface area contributed by atoms with Crippen molar-refractivity contribution in [3.63, 3.8) is 0 Å². The molecule has 2 aromatic rings. The van der Waals surface area contributed by atoms with Crippen molar-refractivity contribution in [2.75, 3.05) is 25.0 Å². The number of likely N-dealkylation sites (tertiary alicyclic amines) is 1. The van der Waals surface area contributed by atoms with E-state index in [2.05, 4.69) is 15.5 Å². The Morgan fingerprint density at radius 1 is 1.17 bits per heavy atom. The molecule has 35 heavy (non-hydrogen) atoms. The van der Waals surface area contributed by atoms with E-state index in [0.29, 0.717) is 18.5 Å². The molecule has 0 unspecified atom stereocenters. The number of halogens is 7. The molecule has 0 amide bonds. The van der Waals surface area contributed by atoms with E-state index < -0.39 is 29.7 Å². The SMILES string of the molecule is O/N=C(\Cc1ccc(F)c(Cl)c1)c1cc(F)c(F)c2c1CC(=NCCN1CCC[C@H]1C(F)(F)F)N2. The van der Waals surface area contributed by atoms with Crippen molar-refractivity contribution in [3.05, 3.63) is 63.4 Å². The van der Waals surface area contributed by atoms with Gasteiger partial charge >= 0.3 is 6.18 Å². The normalized spacial score (nSPS) is 19.9. The van der Waals surface area contributed by atoms with Gasteiger partial charge in [-0.3, -0.25) is 9.89 Å². The Morgan fingerprint density at radius 3 is 2.63 bits per heavy atom. The van der Waals surface area contributed by atoms with Crippen LogP contribution in [0.5, 0.6) is 0 Å². The summed E-state index contributed by atoms with van der Waals surface area (Å²) in [5.74, 6) is -2.70. The first-order valence-corrected chi connectivity index (χ1v) is 11.2. The number of fused-ring (bicyclic) bond motifs is 1. The predicted octanol–water partition coefficient (Wildman–Crippen LogP) is 5.57. The molecule has 4 rings (SSSR count). The molecule has 2 heterocycles. The first-order chi connectivity index (χ1) is 16.6. The van der Waals surface area contributed by atoms with Gasteiger partial charge in [0.05, 0.1) is 23.0 Å². The van der Waals surface area contributed by atoms with Gasteiger partial charge in [-0.1, -0.05) is 22.8 Å². The Bertz CT molecular complexity index is 1180. The number of nitrogens with one attached hydrogen (secondary N) is 1. The highest BCUT2D eigenvalue weighted by Gasteiger charge is 2.45. The number of hydrogen-bond donors (Lipinski definition) is 2. The molecule has 2 aliphatic heterocycles. The van der Waals surface area contributed by atoms with Crippen LogP contribution in [0, 0.1) is 17.5 Å². The van der Waals surface area contributed by atoms with E-state index in [9.17, 15) is 31.5 Å². The fourth-order valence-electron chi connectivity index (χ4n) is 4.49. The summed E-state index contributed by atoms with van der Waals surface area (Å²) in [6.07, 6.45) is -3.83. The summed E-state index contributed by atoms with van der Waals surface area (Å²) in [6.45, 7) is 0.428. The monoisotopic (exact) mass is 518 g/mol. The van der Waals surface area contributed by atoms with Crippen molar-refractivity contribution in [2.45, 2.75) is 37.9 Å². The van der Waals surface area contributed by atoms with Crippen LogP contribution in [-0.2, 0) is 12.8 Å². The van der Waals surface area contributed by atoms with Gasteiger partial charge < -0.3 is 10.5 Å². The predicted molar refractivity (Wildman–Crippen MR) is 120 cm³/mol. The van der Waals surface area contributed by atoms with Gasteiger partial charge in [0.1, 0.15) is 17.7 Å². The van der Waals surface area contributed by atoms with Crippen molar-refractivity contribution in [1.29, 1.82) is 0 Å². The summed E-state index contributed by atoms with van der Waals surface area (Å²) >= 11 is 5.80. The molecule has 0 bridgehead atoms.